The highest BCUT2D eigenvalue weighted by atomic mass is 19.2. The molecule has 0 spiro atoms. The van der Waals surface area contributed by atoms with Gasteiger partial charge in [0.2, 0.25) is 5.91 Å². The van der Waals surface area contributed by atoms with Gasteiger partial charge in [-0.25, -0.2) is 13.2 Å². The molecule has 24 heavy (non-hydrogen) atoms. The highest BCUT2D eigenvalue weighted by molar-refractivity contribution is 6.02. The minimum atomic E-state index is -1.30. The topological polar surface area (TPSA) is 29.1 Å². The molecule has 0 radical (unpaired) electrons. The van der Waals surface area contributed by atoms with Crippen LogP contribution in [0.15, 0.2) is 42.5 Å². The fourth-order valence-corrected chi connectivity index (χ4v) is 2.20. The van der Waals surface area contributed by atoms with Crippen molar-refractivity contribution in [1.29, 1.82) is 0 Å². The summed E-state index contributed by atoms with van der Waals surface area (Å²) in [6.45, 7) is 4.27. The summed E-state index contributed by atoms with van der Waals surface area (Å²) in [6.07, 6.45) is 3.74. The Labute approximate surface area is 139 Å². The van der Waals surface area contributed by atoms with Crippen molar-refractivity contribution in [3.8, 4) is 0 Å². The van der Waals surface area contributed by atoms with Gasteiger partial charge in [0.05, 0.1) is 5.69 Å². The van der Waals surface area contributed by atoms with Gasteiger partial charge in [-0.1, -0.05) is 38.1 Å². The highest BCUT2D eigenvalue weighted by Gasteiger charge is 2.11. The molecule has 0 aromatic heterocycles. The molecule has 5 heteroatoms. The molecule has 0 unspecified atom stereocenters. The molecule has 2 rings (SSSR count). The van der Waals surface area contributed by atoms with Crippen molar-refractivity contribution in [3.05, 3.63) is 71.1 Å². The van der Waals surface area contributed by atoms with Crippen molar-refractivity contribution in [2.24, 2.45) is 5.92 Å². The number of nitrogens with one attached hydrogen (secondary N) is 1. The smallest absolute Gasteiger partial charge is 0.248 e. The van der Waals surface area contributed by atoms with E-state index in [1.807, 2.05) is 24.3 Å². The minimum absolute atomic E-state index is 0.391. The summed E-state index contributed by atoms with van der Waals surface area (Å²) in [4.78, 5) is 11.8. The monoisotopic (exact) mass is 333 g/mol. The number of benzene rings is 2. The van der Waals surface area contributed by atoms with Crippen LogP contribution in [0.4, 0.5) is 18.9 Å². The van der Waals surface area contributed by atoms with Gasteiger partial charge < -0.3 is 5.32 Å². The van der Waals surface area contributed by atoms with Crippen LogP contribution >= 0.6 is 0 Å². The molecule has 0 atom stereocenters. The van der Waals surface area contributed by atoms with Gasteiger partial charge in [-0.15, -0.1) is 0 Å². The van der Waals surface area contributed by atoms with Gasteiger partial charge in [-0.2, -0.15) is 0 Å². The van der Waals surface area contributed by atoms with Crippen LogP contribution in [0.25, 0.3) is 6.08 Å². The second-order valence-electron chi connectivity index (χ2n) is 5.91. The lowest BCUT2D eigenvalue weighted by Gasteiger charge is -2.05. The van der Waals surface area contributed by atoms with Crippen LogP contribution in [0.2, 0.25) is 0 Å². The fraction of sp³-hybridized carbons (Fsp3) is 0.211. The summed E-state index contributed by atoms with van der Waals surface area (Å²) >= 11 is 0. The molecule has 2 aromatic rings. The van der Waals surface area contributed by atoms with Crippen LogP contribution in [0.1, 0.15) is 25.0 Å². The van der Waals surface area contributed by atoms with E-state index in [4.69, 9.17) is 0 Å². The molecule has 1 amide bonds. The Balaban J connectivity index is 2.01. The maximum absolute atomic E-state index is 13.5. The fourth-order valence-electron chi connectivity index (χ4n) is 2.20. The zero-order valence-electron chi connectivity index (χ0n) is 13.4. The van der Waals surface area contributed by atoms with Gasteiger partial charge >= 0.3 is 0 Å². The van der Waals surface area contributed by atoms with Crippen molar-refractivity contribution in [2.75, 3.05) is 5.32 Å². The van der Waals surface area contributed by atoms with E-state index in [1.54, 1.807) is 6.08 Å². The second kappa shape index (κ2) is 7.81. The lowest BCUT2D eigenvalue weighted by atomic mass is 10.0. The predicted octanol–water partition coefficient (Wildman–Crippen LogP) is 4.95. The van der Waals surface area contributed by atoms with Crippen LogP contribution in [0.5, 0.6) is 0 Å². The van der Waals surface area contributed by atoms with Crippen molar-refractivity contribution in [2.45, 2.75) is 20.3 Å². The first-order valence-electron chi connectivity index (χ1n) is 7.57. The molecule has 2 aromatic carbocycles. The largest absolute Gasteiger partial charge is 0.320 e. The van der Waals surface area contributed by atoms with Gasteiger partial charge in [0.1, 0.15) is 5.82 Å². The van der Waals surface area contributed by atoms with Gasteiger partial charge in [-0.05, 0) is 29.5 Å². The molecule has 0 aliphatic rings. The first-order valence-corrected chi connectivity index (χ1v) is 7.57. The van der Waals surface area contributed by atoms with E-state index < -0.39 is 29.0 Å². The molecule has 2 nitrogen and oxygen atoms in total. The molecular weight excluding hydrogens is 315 g/mol. The molecule has 0 aliphatic carbocycles. The van der Waals surface area contributed by atoms with Crippen molar-refractivity contribution < 1.29 is 18.0 Å². The van der Waals surface area contributed by atoms with E-state index in [0.717, 1.165) is 12.0 Å². The van der Waals surface area contributed by atoms with Crippen molar-refractivity contribution in [1.82, 2.24) is 0 Å². The van der Waals surface area contributed by atoms with Crippen molar-refractivity contribution >= 4 is 17.7 Å². The lowest BCUT2D eigenvalue weighted by Crippen LogP contribution is -2.10. The van der Waals surface area contributed by atoms with E-state index in [1.165, 1.54) is 11.6 Å². The number of rotatable bonds is 5. The Kier molecular flexibility index (Phi) is 5.79. The van der Waals surface area contributed by atoms with Crippen LogP contribution in [0, 0.1) is 23.4 Å². The van der Waals surface area contributed by atoms with Crippen LogP contribution < -0.4 is 5.32 Å². The molecule has 126 valence electrons. The van der Waals surface area contributed by atoms with E-state index in [9.17, 15) is 18.0 Å². The number of hydrogen-bond donors (Lipinski definition) is 1. The molecule has 1 N–H and O–H groups in total. The predicted molar refractivity (Wildman–Crippen MR) is 89.0 cm³/mol. The second-order valence-corrected chi connectivity index (χ2v) is 5.91. The highest BCUT2D eigenvalue weighted by Crippen LogP contribution is 2.18. The van der Waals surface area contributed by atoms with Crippen LogP contribution in [0.3, 0.4) is 0 Å². The third kappa shape index (κ3) is 4.98. The summed E-state index contributed by atoms with van der Waals surface area (Å²) in [5.74, 6) is -3.64. The normalized spacial score (nSPS) is 11.2. The standard InChI is InChI=1S/C19H18F3NO/c1-12(2)9-14-5-3-13(4-6-14)7-8-19(24)23-18-11-16(21)15(20)10-17(18)22/h3-8,10-12H,9H2,1-2H3,(H,23,24)/b8-7+. The van der Waals surface area contributed by atoms with Crippen molar-refractivity contribution in [3.63, 3.8) is 0 Å². The maximum atomic E-state index is 13.5. The maximum Gasteiger partial charge on any atom is 0.248 e. The van der Waals surface area contributed by atoms with Gasteiger partial charge in [-0.3, -0.25) is 4.79 Å². The summed E-state index contributed by atoms with van der Waals surface area (Å²) in [5.41, 5.74) is 1.61. The molecular formula is C19H18F3NO. The number of amides is 1. The summed E-state index contributed by atoms with van der Waals surface area (Å²) in [5, 5.41) is 2.18. The van der Waals surface area contributed by atoms with Gasteiger partial charge in [0.25, 0.3) is 0 Å². The first-order chi connectivity index (χ1) is 11.3. The number of anilines is 1. The summed E-state index contributed by atoms with van der Waals surface area (Å²) < 4.78 is 39.4. The third-order valence-electron chi connectivity index (χ3n) is 3.32. The van der Waals surface area contributed by atoms with Crippen LogP contribution in [-0.2, 0) is 11.2 Å². The Morgan fingerprint density at radius 3 is 2.29 bits per heavy atom. The number of carbonyl (C=O) groups excluding carboxylic acids is 1. The third-order valence-corrected chi connectivity index (χ3v) is 3.32. The Hall–Kier alpha value is -2.56. The van der Waals surface area contributed by atoms with E-state index >= 15 is 0 Å². The molecule has 0 saturated heterocycles. The zero-order chi connectivity index (χ0) is 17.7. The molecule has 0 fully saturated rings. The Morgan fingerprint density at radius 1 is 1.04 bits per heavy atom. The number of carbonyl (C=O) groups is 1. The Bertz CT molecular complexity index is 752. The molecule has 0 heterocycles. The molecule has 0 aliphatic heterocycles. The van der Waals surface area contributed by atoms with Gasteiger partial charge in [0.15, 0.2) is 11.6 Å². The SMILES string of the molecule is CC(C)Cc1ccc(/C=C/C(=O)Nc2cc(F)c(F)cc2F)cc1. The molecule has 0 saturated carbocycles. The summed E-state index contributed by atoms with van der Waals surface area (Å²) in [7, 11) is 0. The quantitative estimate of drug-likeness (QED) is 0.608. The summed E-state index contributed by atoms with van der Waals surface area (Å²) in [6, 6.07) is 8.71. The van der Waals surface area contributed by atoms with E-state index in [-0.39, 0.29) is 0 Å². The zero-order valence-corrected chi connectivity index (χ0v) is 13.4. The number of hydrogen-bond acceptors (Lipinski definition) is 1. The van der Waals surface area contributed by atoms with Gasteiger partial charge in [0, 0.05) is 18.2 Å². The average Bonchev–Trinajstić information content (AvgIpc) is 2.51. The van der Waals surface area contributed by atoms with E-state index in [0.29, 0.717) is 18.1 Å². The average molecular weight is 333 g/mol. The lowest BCUT2D eigenvalue weighted by molar-refractivity contribution is -0.111. The van der Waals surface area contributed by atoms with E-state index in [2.05, 4.69) is 19.2 Å². The Morgan fingerprint density at radius 2 is 1.67 bits per heavy atom. The first kappa shape index (κ1) is 17.8. The molecule has 0 bridgehead atoms. The minimum Gasteiger partial charge on any atom is -0.320 e. The van der Waals surface area contributed by atoms with Crippen LogP contribution in [-0.4, -0.2) is 5.91 Å². The number of halogens is 3.